The van der Waals surface area contributed by atoms with E-state index in [2.05, 4.69) is 23.9 Å². The van der Waals surface area contributed by atoms with Gasteiger partial charge in [-0.05, 0) is 64.4 Å². The van der Waals surface area contributed by atoms with Gasteiger partial charge in [-0.15, -0.1) is 0 Å². The quantitative estimate of drug-likeness (QED) is 0.875. The number of aliphatic hydroxyl groups excluding tert-OH is 1. The molecule has 0 bridgehead atoms. The first-order valence-electron chi connectivity index (χ1n) is 8.26. The number of piperidine rings is 1. The summed E-state index contributed by atoms with van der Waals surface area (Å²) in [4.78, 5) is 4.65. The van der Waals surface area contributed by atoms with Crippen molar-refractivity contribution in [3.05, 3.63) is 35.1 Å². The topological polar surface area (TPSA) is 26.7 Å². The molecular weight excluding hydrogens is 279 g/mol. The van der Waals surface area contributed by atoms with Gasteiger partial charge in [0.1, 0.15) is 5.82 Å². The summed E-state index contributed by atoms with van der Waals surface area (Å²) in [6.07, 6.45) is 2.99. The van der Waals surface area contributed by atoms with Gasteiger partial charge in [0, 0.05) is 31.3 Å². The fraction of sp³-hybridized carbons (Fsp3) is 0.667. The predicted octanol–water partition coefficient (Wildman–Crippen LogP) is 2.66. The molecule has 0 aliphatic carbocycles. The third-order valence-corrected chi connectivity index (χ3v) is 4.78. The van der Waals surface area contributed by atoms with Crippen LogP contribution in [-0.2, 0) is 6.54 Å². The lowest BCUT2D eigenvalue weighted by Gasteiger charge is -2.41. The second kappa shape index (κ2) is 8.04. The van der Waals surface area contributed by atoms with Crippen molar-refractivity contribution >= 4 is 0 Å². The Balaban J connectivity index is 2.00. The normalized spacial score (nSPS) is 23.2. The van der Waals surface area contributed by atoms with Crippen LogP contribution in [0.4, 0.5) is 4.39 Å². The van der Waals surface area contributed by atoms with Gasteiger partial charge in [-0.2, -0.15) is 0 Å². The molecule has 1 saturated heterocycles. The zero-order chi connectivity index (χ0) is 16.1. The molecule has 1 aliphatic rings. The first kappa shape index (κ1) is 17.4. The van der Waals surface area contributed by atoms with Crippen LogP contribution in [0.5, 0.6) is 0 Å². The van der Waals surface area contributed by atoms with Crippen LogP contribution in [0, 0.1) is 18.7 Å². The zero-order valence-corrected chi connectivity index (χ0v) is 14.1. The lowest BCUT2D eigenvalue weighted by molar-refractivity contribution is 0.0711. The standard InChI is InChI=1S/C18H29FN2O/c1-14-6-7-15(17(19)11-14)12-21-9-8-18(20(2)3)16(13-21)5-4-10-22/h6-7,11,16,18,22H,4-5,8-10,12-13H2,1-3H3/t16-,18+/m1/s1. The van der Waals surface area contributed by atoms with Crippen molar-refractivity contribution in [1.82, 2.24) is 9.80 Å². The van der Waals surface area contributed by atoms with Gasteiger partial charge in [-0.1, -0.05) is 12.1 Å². The summed E-state index contributed by atoms with van der Waals surface area (Å²) in [5, 5.41) is 9.11. The highest BCUT2D eigenvalue weighted by molar-refractivity contribution is 5.23. The highest BCUT2D eigenvalue weighted by Crippen LogP contribution is 2.26. The molecule has 1 aromatic carbocycles. The predicted molar refractivity (Wildman–Crippen MR) is 88.3 cm³/mol. The van der Waals surface area contributed by atoms with E-state index in [0.717, 1.165) is 43.5 Å². The van der Waals surface area contributed by atoms with Gasteiger partial charge in [0.05, 0.1) is 0 Å². The summed E-state index contributed by atoms with van der Waals surface area (Å²) in [5.74, 6) is 0.450. The molecule has 0 radical (unpaired) electrons. The van der Waals surface area contributed by atoms with Crippen molar-refractivity contribution in [2.45, 2.75) is 38.8 Å². The first-order chi connectivity index (χ1) is 10.5. The molecular formula is C18H29FN2O. The number of benzene rings is 1. The van der Waals surface area contributed by atoms with E-state index in [9.17, 15) is 4.39 Å². The fourth-order valence-corrected chi connectivity index (χ4v) is 3.58. The number of nitrogens with zero attached hydrogens (tertiary/aromatic N) is 2. The van der Waals surface area contributed by atoms with Crippen LogP contribution in [0.25, 0.3) is 0 Å². The van der Waals surface area contributed by atoms with Gasteiger partial charge in [-0.3, -0.25) is 4.90 Å². The molecule has 0 spiro atoms. The van der Waals surface area contributed by atoms with Crippen molar-refractivity contribution in [2.75, 3.05) is 33.8 Å². The second-order valence-electron chi connectivity index (χ2n) is 6.78. The van der Waals surface area contributed by atoms with Crippen LogP contribution >= 0.6 is 0 Å². The first-order valence-corrected chi connectivity index (χ1v) is 8.26. The SMILES string of the molecule is Cc1ccc(CN2CC[C@H](N(C)C)[C@H](CCCO)C2)c(F)c1. The molecule has 1 fully saturated rings. The van der Waals surface area contributed by atoms with E-state index in [0.29, 0.717) is 18.5 Å². The van der Waals surface area contributed by atoms with Crippen molar-refractivity contribution in [3.63, 3.8) is 0 Å². The molecule has 0 saturated carbocycles. The van der Waals surface area contributed by atoms with E-state index < -0.39 is 0 Å². The van der Waals surface area contributed by atoms with Crippen molar-refractivity contribution in [3.8, 4) is 0 Å². The van der Waals surface area contributed by atoms with E-state index in [-0.39, 0.29) is 12.4 Å². The average Bonchev–Trinajstić information content (AvgIpc) is 2.48. The number of likely N-dealkylation sites (tertiary alicyclic amines) is 1. The van der Waals surface area contributed by atoms with Crippen LogP contribution in [0.1, 0.15) is 30.4 Å². The minimum atomic E-state index is -0.0957. The summed E-state index contributed by atoms with van der Waals surface area (Å²) >= 11 is 0. The van der Waals surface area contributed by atoms with Crippen molar-refractivity contribution in [1.29, 1.82) is 0 Å². The number of hydrogen-bond acceptors (Lipinski definition) is 3. The molecule has 3 nitrogen and oxygen atoms in total. The van der Waals surface area contributed by atoms with E-state index in [1.54, 1.807) is 6.07 Å². The fourth-order valence-electron chi connectivity index (χ4n) is 3.58. The lowest BCUT2D eigenvalue weighted by atomic mass is 9.87. The number of rotatable bonds is 6. The number of aliphatic hydroxyl groups is 1. The molecule has 0 unspecified atom stereocenters. The molecule has 1 aliphatic heterocycles. The minimum absolute atomic E-state index is 0.0957. The number of hydrogen-bond donors (Lipinski definition) is 1. The summed E-state index contributed by atoms with van der Waals surface area (Å²) in [7, 11) is 4.26. The Morgan fingerprint density at radius 3 is 2.77 bits per heavy atom. The second-order valence-corrected chi connectivity index (χ2v) is 6.78. The largest absolute Gasteiger partial charge is 0.396 e. The van der Waals surface area contributed by atoms with E-state index >= 15 is 0 Å². The molecule has 22 heavy (non-hydrogen) atoms. The smallest absolute Gasteiger partial charge is 0.127 e. The molecule has 2 rings (SSSR count). The molecule has 4 heteroatoms. The van der Waals surface area contributed by atoms with Crippen molar-refractivity contribution in [2.24, 2.45) is 5.92 Å². The van der Waals surface area contributed by atoms with Gasteiger partial charge in [-0.25, -0.2) is 4.39 Å². The Bertz CT molecular complexity index is 478. The highest BCUT2D eigenvalue weighted by Gasteiger charge is 2.30. The third kappa shape index (κ3) is 4.51. The zero-order valence-electron chi connectivity index (χ0n) is 14.1. The molecule has 2 atom stereocenters. The maximum atomic E-state index is 14.0. The molecule has 1 N–H and O–H groups in total. The average molecular weight is 308 g/mol. The Kier molecular flexibility index (Phi) is 6.36. The third-order valence-electron chi connectivity index (χ3n) is 4.78. The molecule has 0 amide bonds. The van der Waals surface area contributed by atoms with Gasteiger partial charge in [0.15, 0.2) is 0 Å². The van der Waals surface area contributed by atoms with Crippen molar-refractivity contribution < 1.29 is 9.50 Å². The number of aryl methyl sites for hydroxylation is 1. The van der Waals surface area contributed by atoms with E-state index in [1.165, 1.54) is 0 Å². The van der Waals surface area contributed by atoms with Crippen LogP contribution in [-0.4, -0.2) is 54.7 Å². The Labute approximate surface area is 133 Å². The summed E-state index contributed by atoms with van der Waals surface area (Å²) < 4.78 is 14.0. The number of halogens is 1. The summed E-state index contributed by atoms with van der Waals surface area (Å²) in [5.41, 5.74) is 1.75. The Morgan fingerprint density at radius 1 is 1.36 bits per heavy atom. The van der Waals surface area contributed by atoms with Crippen LogP contribution in [0.15, 0.2) is 18.2 Å². The Morgan fingerprint density at radius 2 is 2.14 bits per heavy atom. The molecule has 1 aromatic rings. The molecule has 124 valence electrons. The van der Waals surface area contributed by atoms with Crippen LogP contribution in [0.3, 0.4) is 0 Å². The highest BCUT2D eigenvalue weighted by atomic mass is 19.1. The summed E-state index contributed by atoms with van der Waals surface area (Å²) in [6.45, 7) is 4.84. The maximum absolute atomic E-state index is 14.0. The lowest BCUT2D eigenvalue weighted by Crippen LogP contribution is -2.48. The Hall–Kier alpha value is -0.970. The monoisotopic (exact) mass is 308 g/mol. The minimum Gasteiger partial charge on any atom is -0.396 e. The van der Waals surface area contributed by atoms with Crippen LogP contribution < -0.4 is 0 Å². The van der Waals surface area contributed by atoms with Gasteiger partial charge in [0.2, 0.25) is 0 Å². The van der Waals surface area contributed by atoms with Crippen LogP contribution in [0.2, 0.25) is 0 Å². The van der Waals surface area contributed by atoms with Gasteiger partial charge >= 0.3 is 0 Å². The van der Waals surface area contributed by atoms with E-state index in [4.69, 9.17) is 5.11 Å². The molecule has 0 aromatic heterocycles. The maximum Gasteiger partial charge on any atom is 0.127 e. The van der Waals surface area contributed by atoms with Gasteiger partial charge < -0.3 is 10.0 Å². The van der Waals surface area contributed by atoms with Gasteiger partial charge in [0.25, 0.3) is 0 Å². The summed E-state index contributed by atoms with van der Waals surface area (Å²) in [6, 6.07) is 6.07. The van der Waals surface area contributed by atoms with E-state index in [1.807, 2.05) is 19.1 Å². The molecule has 1 heterocycles.